The Labute approximate surface area is 157 Å². The van der Waals surface area contributed by atoms with Crippen LogP contribution in [0.15, 0.2) is 41.8 Å². The number of hydrogen-bond acceptors (Lipinski definition) is 5. The second-order valence-electron chi connectivity index (χ2n) is 5.76. The molecule has 140 valence electrons. The molecule has 0 unspecified atom stereocenters. The molecule has 0 radical (unpaired) electrons. The summed E-state index contributed by atoms with van der Waals surface area (Å²) in [7, 11) is 0. The van der Waals surface area contributed by atoms with Crippen LogP contribution in [0.4, 0.5) is 16.2 Å². The Kier molecular flexibility index (Phi) is 7.55. The Hall–Kier alpha value is -2.45. The first-order valence-electron chi connectivity index (χ1n) is 8.58. The van der Waals surface area contributed by atoms with Gasteiger partial charge in [0.1, 0.15) is 0 Å². The van der Waals surface area contributed by atoms with Crippen molar-refractivity contribution in [2.45, 2.75) is 20.4 Å². The average molecular weight is 376 g/mol. The summed E-state index contributed by atoms with van der Waals surface area (Å²) in [5.41, 5.74) is 0.541. The van der Waals surface area contributed by atoms with E-state index in [0.717, 1.165) is 24.5 Å². The molecule has 2 aromatic rings. The maximum absolute atomic E-state index is 12.7. The molecule has 0 saturated carbocycles. The lowest BCUT2D eigenvalue weighted by molar-refractivity contribution is -0.384. The monoisotopic (exact) mass is 376 g/mol. The molecule has 0 aliphatic rings. The van der Waals surface area contributed by atoms with Crippen molar-refractivity contribution >= 4 is 28.7 Å². The summed E-state index contributed by atoms with van der Waals surface area (Å²) in [4.78, 5) is 28.1. The highest BCUT2D eigenvalue weighted by atomic mass is 32.1. The predicted octanol–water partition coefficient (Wildman–Crippen LogP) is 4.03. The van der Waals surface area contributed by atoms with E-state index in [0.29, 0.717) is 18.8 Å². The molecule has 26 heavy (non-hydrogen) atoms. The highest BCUT2D eigenvalue weighted by molar-refractivity contribution is 7.09. The molecule has 0 spiro atoms. The molecular weight excluding hydrogens is 352 g/mol. The largest absolute Gasteiger partial charge is 0.322 e. The number of rotatable bonds is 9. The quantitative estimate of drug-likeness (QED) is 0.529. The van der Waals surface area contributed by atoms with Crippen molar-refractivity contribution in [2.24, 2.45) is 0 Å². The zero-order chi connectivity index (χ0) is 18.9. The van der Waals surface area contributed by atoms with E-state index in [-0.39, 0.29) is 11.7 Å². The minimum Gasteiger partial charge on any atom is -0.318 e. The smallest absolute Gasteiger partial charge is 0.318 e. The Bertz CT molecular complexity index is 700. The minimum atomic E-state index is -0.460. The fraction of sp³-hybridized carbons (Fsp3) is 0.389. The number of hydrogen-bond donors (Lipinski definition) is 1. The zero-order valence-electron chi connectivity index (χ0n) is 15.1. The number of nitrogens with zero attached hydrogens (tertiary/aromatic N) is 3. The van der Waals surface area contributed by atoms with Crippen LogP contribution in [0.25, 0.3) is 0 Å². The Balaban J connectivity index is 2.04. The number of amides is 2. The first kappa shape index (κ1) is 19.9. The van der Waals surface area contributed by atoms with Gasteiger partial charge in [-0.3, -0.25) is 10.1 Å². The van der Waals surface area contributed by atoms with E-state index in [1.807, 2.05) is 17.5 Å². The van der Waals surface area contributed by atoms with Crippen LogP contribution in [-0.4, -0.2) is 46.9 Å². The van der Waals surface area contributed by atoms with Crippen LogP contribution in [-0.2, 0) is 6.54 Å². The van der Waals surface area contributed by atoms with Gasteiger partial charge in [-0.25, -0.2) is 4.79 Å². The van der Waals surface area contributed by atoms with E-state index < -0.39 is 4.92 Å². The van der Waals surface area contributed by atoms with Crippen LogP contribution in [0.3, 0.4) is 0 Å². The molecule has 7 nitrogen and oxygen atoms in total. The van der Waals surface area contributed by atoms with Crippen LogP contribution in [0.5, 0.6) is 0 Å². The summed E-state index contributed by atoms with van der Waals surface area (Å²) >= 11 is 1.62. The van der Waals surface area contributed by atoms with Gasteiger partial charge < -0.3 is 15.1 Å². The van der Waals surface area contributed by atoms with Gasteiger partial charge in [-0.05, 0) is 36.7 Å². The molecule has 2 rings (SSSR count). The van der Waals surface area contributed by atoms with E-state index in [4.69, 9.17) is 0 Å². The maximum Gasteiger partial charge on any atom is 0.322 e. The predicted molar refractivity (Wildman–Crippen MR) is 105 cm³/mol. The van der Waals surface area contributed by atoms with Crippen LogP contribution < -0.4 is 5.32 Å². The average Bonchev–Trinajstić information content (AvgIpc) is 3.15. The Morgan fingerprint density at radius 1 is 1.15 bits per heavy atom. The Morgan fingerprint density at radius 2 is 1.85 bits per heavy atom. The van der Waals surface area contributed by atoms with E-state index in [1.54, 1.807) is 28.4 Å². The van der Waals surface area contributed by atoms with Gasteiger partial charge >= 0.3 is 6.03 Å². The molecule has 8 heteroatoms. The summed E-state index contributed by atoms with van der Waals surface area (Å²) < 4.78 is 0. The van der Waals surface area contributed by atoms with Crippen molar-refractivity contribution in [1.29, 1.82) is 0 Å². The van der Waals surface area contributed by atoms with Gasteiger partial charge in [0.05, 0.1) is 11.5 Å². The lowest BCUT2D eigenvalue weighted by atomic mass is 10.3. The van der Waals surface area contributed by atoms with Crippen LogP contribution in [0.1, 0.15) is 18.7 Å². The molecule has 0 atom stereocenters. The van der Waals surface area contributed by atoms with Crippen molar-refractivity contribution in [1.82, 2.24) is 9.80 Å². The third kappa shape index (κ3) is 5.82. The normalized spacial score (nSPS) is 10.7. The lowest BCUT2D eigenvalue weighted by Crippen LogP contribution is -2.40. The number of urea groups is 1. The summed E-state index contributed by atoms with van der Waals surface area (Å²) in [6.45, 7) is 8.02. The molecule has 1 aromatic carbocycles. The van der Waals surface area contributed by atoms with E-state index in [1.165, 1.54) is 12.1 Å². The van der Waals surface area contributed by atoms with Crippen molar-refractivity contribution in [2.75, 3.05) is 31.5 Å². The highest BCUT2D eigenvalue weighted by Crippen LogP contribution is 2.17. The van der Waals surface area contributed by atoms with Gasteiger partial charge in [-0.15, -0.1) is 11.3 Å². The number of thiophene rings is 1. The first-order chi connectivity index (χ1) is 12.5. The van der Waals surface area contributed by atoms with E-state index >= 15 is 0 Å². The fourth-order valence-electron chi connectivity index (χ4n) is 2.51. The van der Waals surface area contributed by atoms with Gasteiger partial charge in [0.25, 0.3) is 5.69 Å². The number of anilines is 1. The van der Waals surface area contributed by atoms with Crippen LogP contribution in [0.2, 0.25) is 0 Å². The second kappa shape index (κ2) is 9.88. The third-order valence-corrected chi connectivity index (χ3v) is 4.99. The molecule has 0 aliphatic heterocycles. The number of carbonyl (C=O) groups is 1. The zero-order valence-corrected chi connectivity index (χ0v) is 15.9. The SMILES string of the molecule is CCN(CC)CCN(Cc1cccs1)C(=O)Nc1ccc([N+](=O)[O-])cc1. The number of carbonyl (C=O) groups excluding carboxylic acids is 1. The van der Waals surface area contributed by atoms with Crippen LogP contribution >= 0.6 is 11.3 Å². The molecule has 1 aromatic heterocycles. The van der Waals surface area contributed by atoms with E-state index in [9.17, 15) is 14.9 Å². The lowest BCUT2D eigenvalue weighted by Gasteiger charge is -2.26. The van der Waals surface area contributed by atoms with Crippen molar-refractivity contribution < 1.29 is 9.72 Å². The number of benzene rings is 1. The molecule has 1 N–H and O–H groups in total. The molecule has 0 fully saturated rings. The molecule has 0 bridgehead atoms. The summed E-state index contributed by atoms with van der Waals surface area (Å²) in [5.74, 6) is 0. The second-order valence-corrected chi connectivity index (χ2v) is 6.79. The number of nitro groups is 1. The molecule has 1 heterocycles. The number of likely N-dealkylation sites (N-methyl/N-ethyl adjacent to an activating group) is 1. The van der Waals surface area contributed by atoms with Crippen molar-refractivity contribution in [3.05, 3.63) is 56.8 Å². The summed E-state index contributed by atoms with van der Waals surface area (Å²) in [6, 6.07) is 9.63. The van der Waals surface area contributed by atoms with Gasteiger partial charge in [0, 0.05) is 35.8 Å². The van der Waals surface area contributed by atoms with Crippen LogP contribution in [0, 0.1) is 10.1 Å². The molecular formula is C18H24N4O3S. The standard InChI is InChI=1S/C18H24N4O3S/c1-3-20(4-2)11-12-21(14-17-6-5-13-26-17)18(23)19-15-7-9-16(10-8-15)22(24)25/h5-10,13H,3-4,11-12,14H2,1-2H3,(H,19,23). The van der Waals surface area contributed by atoms with Gasteiger partial charge in [0.15, 0.2) is 0 Å². The van der Waals surface area contributed by atoms with E-state index in [2.05, 4.69) is 24.1 Å². The number of non-ortho nitro benzene ring substituents is 1. The molecule has 0 saturated heterocycles. The minimum absolute atomic E-state index is 0.0000240. The van der Waals surface area contributed by atoms with Crippen molar-refractivity contribution in [3.63, 3.8) is 0 Å². The highest BCUT2D eigenvalue weighted by Gasteiger charge is 2.16. The summed E-state index contributed by atoms with van der Waals surface area (Å²) in [5, 5.41) is 15.6. The van der Waals surface area contributed by atoms with Gasteiger partial charge in [-0.1, -0.05) is 19.9 Å². The topological polar surface area (TPSA) is 78.7 Å². The maximum atomic E-state index is 12.7. The first-order valence-corrected chi connectivity index (χ1v) is 9.46. The Morgan fingerprint density at radius 3 is 2.38 bits per heavy atom. The number of nitrogens with one attached hydrogen (secondary N) is 1. The molecule has 0 aliphatic carbocycles. The number of nitro benzene ring substituents is 1. The third-order valence-electron chi connectivity index (χ3n) is 4.12. The fourth-order valence-corrected chi connectivity index (χ4v) is 3.23. The van der Waals surface area contributed by atoms with Gasteiger partial charge in [-0.2, -0.15) is 0 Å². The molecule has 2 amide bonds. The van der Waals surface area contributed by atoms with Crippen molar-refractivity contribution in [3.8, 4) is 0 Å². The van der Waals surface area contributed by atoms with Gasteiger partial charge in [0.2, 0.25) is 0 Å². The summed E-state index contributed by atoms with van der Waals surface area (Å²) in [6.07, 6.45) is 0.